The zero-order valence-electron chi connectivity index (χ0n) is 19.6. The van der Waals surface area contributed by atoms with E-state index in [1.54, 1.807) is 0 Å². The molecule has 0 spiro atoms. The molecule has 10 heteroatoms. The Morgan fingerprint density at radius 2 is 1.94 bits per heavy atom. The number of aromatic hydroxyl groups is 1. The first-order valence-electron chi connectivity index (χ1n) is 11.6. The van der Waals surface area contributed by atoms with Crippen LogP contribution in [0.4, 0.5) is 4.39 Å². The highest BCUT2D eigenvalue weighted by molar-refractivity contribution is 6.24. The van der Waals surface area contributed by atoms with Crippen LogP contribution in [-0.4, -0.2) is 62.0 Å². The number of amides is 1. The first-order chi connectivity index (χ1) is 16.4. The van der Waals surface area contributed by atoms with E-state index >= 15 is 4.39 Å². The van der Waals surface area contributed by atoms with E-state index in [0.29, 0.717) is 0 Å². The number of ketones is 2. The molecule has 4 rings (SSSR count). The number of fused-ring (bicyclic) bond motifs is 3. The summed E-state index contributed by atoms with van der Waals surface area (Å²) in [7, 11) is 1.83. The third-order valence-electron chi connectivity index (χ3n) is 7.40. The van der Waals surface area contributed by atoms with E-state index in [1.807, 2.05) is 18.9 Å². The quantitative estimate of drug-likeness (QED) is 0.380. The molecule has 6 N–H and O–H groups in total. The number of unbranched alkanes of at least 4 members (excludes halogenated alkanes) is 1. The second-order valence-corrected chi connectivity index (χ2v) is 9.72. The van der Waals surface area contributed by atoms with E-state index in [-0.39, 0.29) is 48.1 Å². The second-order valence-electron chi connectivity index (χ2n) is 9.72. The molecule has 3 atom stereocenters. The van der Waals surface area contributed by atoms with Crippen LogP contribution in [0.25, 0.3) is 0 Å². The number of phenols is 1. The summed E-state index contributed by atoms with van der Waals surface area (Å²) in [6.07, 6.45) is 1.47. The lowest BCUT2D eigenvalue weighted by Crippen LogP contribution is -2.57. The molecule has 0 radical (unpaired) electrons. The number of benzene rings is 1. The number of Topliss-reactive ketones (excluding diaryl/α,β-unsaturated/α-hetero) is 2. The standard InChI is InChI=1S/C25H29FN2O7/c1-3-4-5-28(2)10-12-8-15(29)18-14(20(12)26)7-11-6-13-9-16(30)19(24(27)34)23(33)25(13,35)22(32)17(11)21(18)31/h8,11,13,29-30,32,35H,3-7,9-10H2,1-2H3,(H2,27,34)/t11?,13-,25-/m0/s1. The van der Waals surface area contributed by atoms with Crippen molar-refractivity contribution in [1.82, 2.24) is 4.90 Å². The minimum Gasteiger partial charge on any atom is -0.511 e. The molecule has 0 fully saturated rings. The van der Waals surface area contributed by atoms with E-state index in [4.69, 9.17) is 5.73 Å². The van der Waals surface area contributed by atoms with Gasteiger partial charge in [0.15, 0.2) is 11.4 Å². The van der Waals surface area contributed by atoms with Crippen molar-refractivity contribution in [2.75, 3.05) is 13.6 Å². The summed E-state index contributed by atoms with van der Waals surface area (Å²) in [5.74, 6) is -7.89. The van der Waals surface area contributed by atoms with Gasteiger partial charge in [0.2, 0.25) is 5.78 Å². The van der Waals surface area contributed by atoms with Crippen molar-refractivity contribution >= 4 is 17.5 Å². The smallest absolute Gasteiger partial charge is 0.255 e. The summed E-state index contributed by atoms with van der Waals surface area (Å²) in [4.78, 5) is 39.9. The van der Waals surface area contributed by atoms with Gasteiger partial charge < -0.3 is 31.1 Å². The Morgan fingerprint density at radius 3 is 2.57 bits per heavy atom. The molecular weight excluding hydrogens is 459 g/mol. The third kappa shape index (κ3) is 3.71. The van der Waals surface area contributed by atoms with Gasteiger partial charge in [-0.1, -0.05) is 13.3 Å². The van der Waals surface area contributed by atoms with Crippen LogP contribution in [-0.2, 0) is 22.6 Å². The molecule has 0 saturated carbocycles. The molecule has 1 unspecified atom stereocenters. The molecule has 9 nitrogen and oxygen atoms in total. The van der Waals surface area contributed by atoms with Gasteiger partial charge in [0, 0.05) is 35.6 Å². The van der Waals surface area contributed by atoms with Gasteiger partial charge in [0.1, 0.15) is 28.7 Å². The number of rotatable bonds is 6. The molecule has 3 aliphatic rings. The number of hydrogen-bond donors (Lipinski definition) is 5. The summed E-state index contributed by atoms with van der Waals surface area (Å²) in [5.41, 5.74) is 1.33. The first-order valence-corrected chi connectivity index (χ1v) is 11.6. The first kappa shape index (κ1) is 24.9. The van der Waals surface area contributed by atoms with Crippen molar-refractivity contribution in [3.8, 4) is 5.75 Å². The lowest BCUT2D eigenvalue weighted by atomic mass is 9.60. The number of allylic oxidation sites excluding steroid dienone is 2. The van der Waals surface area contributed by atoms with Crippen molar-refractivity contribution in [3.05, 3.63) is 51.2 Å². The van der Waals surface area contributed by atoms with E-state index < -0.39 is 63.6 Å². The minimum atomic E-state index is -2.63. The Morgan fingerprint density at radius 1 is 1.26 bits per heavy atom. The Balaban J connectivity index is 1.78. The highest BCUT2D eigenvalue weighted by Crippen LogP contribution is 2.51. The third-order valence-corrected chi connectivity index (χ3v) is 7.40. The summed E-state index contributed by atoms with van der Waals surface area (Å²) in [6.45, 7) is 3.00. The van der Waals surface area contributed by atoms with Crippen LogP contribution in [0.2, 0.25) is 0 Å². The summed E-state index contributed by atoms with van der Waals surface area (Å²) in [5, 5.41) is 43.0. The number of hydrogen-bond acceptors (Lipinski definition) is 8. The zero-order valence-corrected chi connectivity index (χ0v) is 19.6. The Hall–Kier alpha value is -3.24. The van der Waals surface area contributed by atoms with E-state index in [0.717, 1.165) is 19.4 Å². The van der Waals surface area contributed by atoms with Gasteiger partial charge in [-0.3, -0.25) is 14.4 Å². The monoisotopic (exact) mass is 488 g/mol. The average Bonchev–Trinajstić information content (AvgIpc) is 2.77. The number of primary amides is 1. The van der Waals surface area contributed by atoms with Crippen LogP contribution in [0.15, 0.2) is 28.7 Å². The van der Waals surface area contributed by atoms with Crippen LogP contribution < -0.4 is 5.73 Å². The fourth-order valence-electron chi connectivity index (χ4n) is 5.64. The average molecular weight is 489 g/mol. The van der Waals surface area contributed by atoms with E-state index in [9.17, 15) is 34.8 Å². The topological polar surface area (TPSA) is 161 Å². The molecule has 0 aromatic heterocycles. The van der Waals surface area contributed by atoms with Gasteiger partial charge in [-0.05, 0) is 44.8 Å². The number of aliphatic hydroxyl groups is 3. The fraction of sp³-hybridized carbons (Fsp3) is 0.480. The highest BCUT2D eigenvalue weighted by Gasteiger charge is 2.59. The molecule has 188 valence electrons. The maximum absolute atomic E-state index is 15.5. The van der Waals surface area contributed by atoms with Crippen LogP contribution in [0.3, 0.4) is 0 Å². The number of aliphatic hydroxyl groups excluding tert-OH is 2. The molecule has 35 heavy (non-hydrogen) atoms. The largest absolute Gasteiger partial charge is 0.511 e. The predicted octanol–water partition coefficient (Wildman–Crippen LogP) is 1.95. The highest BCUT2D eigenvalue weighted by atomic mass is 19.1. The number of nitrogens with two attached hydrogens (primary N) is 1. The lowest BCUT2D eigenvalue weighted by molar-refractivity contribution is -0.144. The molecule has 0 aliphatic heterocycles. The van der Waals surface area contributed by atoms with Gasteiger partial charge in [0.05, 0.1) is 5.56 Å². The second kappa shape index (κ2) is 8.76. The maximum Gasteiger partial charge on any atom is 0.255 e. The number of phenolic OH excluding ortho intramolecular Hbond substituents is 1. The van der Waals surface area contributed by atoms with E-state index in [1.165, 1.54) is 6.07 Å². The molecule has 0 heterocycles. The molecule has 0 bridgehead atoms. The van der Waals surface area contributed by atoms with Crippen LogP contribution in [0, 0.1) is 17.7 Å². The zero-order chi connectivity index (χ0) is 25.8. The predicted molar refractivity (Wildman–Crippen MR) is 122 cm³/mol. The summed E-state index contributed by atoms with van der Waals surface area (Å²) in [6, 6.07) is 1.19. The number of nitrogens with zero attached hydrogens (tertiary/aromatic N) is 1. The SMILES string of the molecule is CCCCN(C)Cc1cc(O)c2c(c1F)CC1C[C@H]3CC(O)=C(C(N)=O)C(=O)[C@@]3(O)C(O)=C1C2=O. The molecule has 1 amide bonds. The Kier molecular flexibility index (Phi) is 6.23. The van der Waals surface area contributed by atoms with Crippen LogP contribution in [0.5, 0.6) is 5.75 Å². The van der Waals surface area contributed by atoms with Crippen molar-refractivity contribution < 1.29 is 39.2 Å². The normalized spacial score (nSPS) is 26.1. The van der Waals surface area contributed by atoms with Gasteiger partial charge >= 0.3 is 0 Å². The molecule has 1 aromatic carbocycles. The van der Waals surface area contributed by atoms with Gasteiger partial charge in [0.25, 0.3) is 5.91 Å². The minimum absolute atomic E-state index is 0.0145. The Labute approximate surface area is 201 Å². The van der Waals surface area contributed by atoms with Gasteiger partial charge in [-0.2, -0.15) is 0 Å². The molecule has 1 aromatic rings. The number of halogens is 1. The number of carbonyl (C=O) groups excluding carboxylic acids is 3. The van der Waals surface area contributed by atoms with Crippen LogP contribution in [0.1, 0.15) is 54.1 Å². The van der Waals surface area contributed by atoms with E-state index in [2.05, 4.69) is 0 Å². The van der Waals surface area contributed by atoms with Gasteiger partial charge in [-0.25, -0.2) is 4.39 Å². The van der Waals surface area contributed by atoms with Crippen molar-refractivity contribution in [2.24, 2.45) is 17.6 Å². The molecule has 3 aliphatic carbocycles. The Bertz CT molecular complexity index is 1200. The molecule has 0 saturated heterocycles. The van der Waals surface area contributed by atoms with Crippen molar-refractivity contribution in [1.29, 1.82) is 0 Å². The lowest BCUT2D eigenvalue weighted by Gasteiger charge is -2.45. The van der Waals surface area contributed by atoms with Gasteiger partial charge in [-0.15, -0.1) is 0 Å². The molecular formula is C25H29FN2O7. The van der Waals surface area contributed by atoms with Crippen LogP contribution >= 0.6 is 0 Å². The summed E-state index contributed by atoms with van der Waals surface area (Å²) < 4.78 is 15.5. The maximum atomic E-state index is 15.5. The summed E-state index contributed by atoms with van der Waals surface area (Å²) >= 11 is 0. The van der Waals surface area contributed by atoms with Crippen molar-refractivity contribution in [3.63, 3.8) is 0 Å². The van der Waals surface area contributed by atoms with Crippen molar-refractivity contribution in [2.45, 2.75) is 51.2 Å². The number of carbonyl (C=O) groups is 3. The fourth-order valence-corrected chi connectivity index (χ4v) is 5.64.